The highest BCUT2D eigenvalue weighted by molar-refractivity contribution is 5.20. The predicted octanol–water partition coefficient (Wildman–Crippen LogP) is 7.63. The summed E-state index contributed by atoms with van der Waals surface area (Å²) < 4.78 is 0. The second-order valence-corrected chi connectivity index (χ2v) is 12.2. The van der Waals surface area contributed by atoms with E-state index < -0.39 is 0 Å². The highest BCUT2D eigenvalue weighted by Gasteiger charge is 2.56. The van der Waals surface area contributed by atoms with Crippen LogP contribution in [0.5, 0.6) is 0 Å². The molecule has 0 aromatic heterocycles. The molecule has 166 valence electrons. The molecule has 0 amide bonds. The van der Waals surface area contributed by atoms with Gasteiger partial charge in [0.2, 0.25) is 0 Å². The molecule has 0 aliphatic heterocycles. The lowest BCUT2D eigenvalue weighted by Gasteiger charge is -2.54. The van der Waals surface area contributed by atoms with Gasteiger partial charge >= 0.3 is 0 Å². The van der Waals surface area contributed by atoms with Crippen LogP contribution in [0.25, 0.3) is 0 Å². The Balaban J connectivity index is 1.44. The van der Waals surface area contributed by atoms with Crippen molar-refractivity contribution in [2.75, 3.05) is 0 Å². The minimum absolute atomic E-state index is 0.0580. The highest BCUT2D eigenvalue weighted by Crippen LogP contribution is 2.64. The molecule has 1 N–H and O–H groups in total. The van der Waals surface area contributed by atoms with Crippen molar-refractivity contribution in [2.45, 2.75) is 111 Å². The Labute approximate surface area is 181 Å². The van der Waals surface area contributed by atoms with Gasteiger partial charge in [-0.15, -0.1) is 0 Å². The van der Waals surface area contributed by atoms with Crippen LogP contribution in [0.2, 0.25) is 0 Å². The fourth-order valence-electron chi connectivity index (χ4n) is 8.91. The molecular formula is C28H48O. The third-order valence-electron chi connectivity index (χ3n) is 10.6. The van der Waals surface area contributed by atoms with Crippen LogP contribution in [0.3, 0.4) is 0 Å². The summed E-state index contributed by atoms with van der Waals surface area (Å²) in [6, 6.07) is 0. The zero-order valence-corrected chi connectivity index (χ0v) is 20.0. The van der Waals surface area contributed by atoms with Gasteiger partial charge in [0.05, 0.1) is 6.10 Å². The third-order valence-corrected chi connectivity index (χ3v) is 10.6. The number of fused-ring (bicyclic) bond motifs is 5. The van der Waals surface area contributed by atoms with E-state index in [9.17, 15) is 5.11 Å². The third kappa shape index (κ3) is 3.99. The molecule has 9 atom stereocenters. The molecule has 0 radical (unpaired) electrons. The lowest BCUT2D eigenvalue weighted by molar-refractivity contribution is -0.0298. The van der Waals surface area contributed by atoms with Crippen LogP contribution >= 0.6 is 0 Å². The maximum atomic E-state index is 10.1. The number of rotatable bonds is 6. The molecule has 1 nitrogen and oxygen atoms in total. The molecule has 29 heavy (non-hydrogen) atoms. The molecule has 0 bridgehead atoms. The van der Waals surface area contributed by atoms with E-state index in [1.807, 2.05) is 0 Å². The van der Waals surface area contributed by atoms with Gasteiger partial charge in [-0.1, -0.05) is 59.1 Å². The predicted molar refractivity (Wildman–Crippen MR) is 124 cm³/mol. The topological polar surface area (TPSA) is 20.2 Å². The summed E-state index contributed by atoms with van der Waals surface area (Å²) in [7, 11) is 0. The van der Waals surface area contributed by atoms with Gasteiger partial charge in [0, 0.05) is 0 Å². The van der Waals surface area contributed by atoms with Crippen LogP contribution in [-0.2, 0) is 0 Å². The lowest BCUT2D eigenvalue weighted by Crippen LogP contribution is -2.47. The van der Waals surface area contributed by atoms with Gasteiger partial charge in [0.15, 0.2) is 0 Å². The molecule has 3 fully saturated rings. The minimum Gasteiger partial charge on any atom is -0.393 e. The van der Waals surface area contributed by atoms with Crippen molar-refractivity contribution in [3.05, 3.63) is 11.6 Å². The van der Waals surface area contributed by atoms with E-state index in [0.717, 1.165) is 60.2 Å². The molecule has 4 rings (SSSR count). The first-order valence-electron chi connectivity index (χ1n) is 13.2. The van der Waals surface area contributed by atoms with E-state index in [0.29, 0.717) is 5.41 Å². The smallest absolute Gasteiger partial charge is 0.0577 e. The number of hydrogen-bond acceptors (Lipinski definition) is 1. The summed E-state index contributed by atoms with van der Waals surface area (Å²) in [5.74, 6) is 7.26. The van der Waals surface area contributed by atoms with Gasteiger partial charge in [-0.3, -0.25) is 0 Å². The van der Waals surface area contributed by atoms with E-state index in [-0.39, 0.29) is 6.10 Å². The maximum absolute atomic E-state index is 10.1. The first-order chi connectivity index (χ1) is 13.8. The number of hydrogen-bond donors (Lipinski definition) is 1. The Hall–Kier alpha value is -0.300. The van der Waals surface area contributed by atoms with Crippen molar-refractivity contribution >= 4 is 0 Å². The van der Waals surface area contributed by atoms with Crippen LogP contribution in [0.1, 0.15) is 105 Å². The van der Waals surface area contributed by atoms with E-state index in [4.69, 9.17) is 0 Å². The van der Waals surface area contributed by atoms with Crippen LogP contribution < -0.4 is 0 Å². The van der Waals surface area contributed by atoms with Crippen molar-refractivity contribution < 1.29 is 5.11 Å². The Bertz CT molecular complexity index is 591. The molecule has 0 spiro atoms. The second kappa shape index (κ2) is 8.68. The van der Waals surface area contributed by atoms with E-state index >= 15 is 0 Å². The van der Waals surface area contributed by atoms with Crippen LogP contribution in [-0.4, -0.2) is 11.2 Å². The van der Waals surface area contributed by atoms with Crippen molar-refractivity contribution in [1.82, 2.24) is 0 Å². The highest BCUT2D eigenvalue weighted by atomic mass is 16.3. The summed E-state index contributed by atoms with van der Waals surface area (Å²) >= 11 is 0. The van der Waals surface area contributed by atoms with E-state index in [2.05, 4.69) is 40.7 Å². The average Bonchev–Trinajstić information content (AvgIpc) is 3.05. The van der Waals surface area contributed by atoms with Crippen LogP contribution in [0, 0.1) is 52.8 Å². The molecule has 1 heteroatoms. The average molecular weight is 401 g/mol. The summed E-state index contributed by atoms with van der Waals surface area (Å²) in [5.41, 5.74) is 2.23. The lowest BCUT2D eigenvalue weighted by atomic mass is 9.51. The molecule has 0 saturated heterocycles. The molecule has 3 saturated carbocycles. The van der Waals surface area contributed by atoms with Gasteiger partial charge in [-0.25, -0.2) is 0 Å². The van der Waals surface area contributed by atoms with Crippen LogP contribution in [0.4, 0.5) is 0 Å². The summed E-state index contributed by atoms with van der Waals surface area (Å²) in [6.45, 7) is 12.5. The van der Waals surface area contributed by atoms with Gasteiger partial charge in [0.25, 0.3) is 0 Å². The van der Waals surface area contributed by atoms with Gasteiger partial charge in [-0.05, 0) is 111 Å². The van der Waals surface area contributed by atoms with E-state index in [1.165, 1.54) is 57.8 Å². The molecule has 4 aliphatic carbocycles. The molecule has 0 heterocycles. The van der Waals surface area contributed by atoms with E-state index in [1.54, 1.807) is 5.57 Å². The van der Waals surface area contributed by atoms with Gasteiger partial charge in [-0.2, -0.15) is 0 Å². The second-order valence-electron chi connectivity index (χ2n) is 12.2. The molecular weight excluding hydrogens is 352 g/mol. The largest absolute Gasteiger partial charge is 0.393 e. The van der Waals surface area contributed by atoms with Crippen molar-refractivity contribution in [2.24, 2.45) is 52.8 Å². The number of aliphatic hydroxyl groups excluding tert-OH is 1. The first kappa shape index (κ1) is 21.9. The summed E-state index contributed by atoms with van der Waals surface area (Å²) in [4.78, 5) is 0. The number of allylic oxidation sites excluding steroid dienone is 1. The first-order valence-corrected chi connectivity index (χ1v) is 13.2. The monoisotopic (exact) mass is 400 g/mol. The van der Waals surface area contributed by atoms with Crippen molar-refractivity contribution in [3.63, 3.8) is 0 Å². The van der Waals surface area contributed by atoms with Crippen molar-refractivity contribution in [1.29, 1.82) is 0 Å². The minimum atomic E-state index is -0.0580. The quantitative estimate of drug-likeness (QED) is 0.454. The number of aliphatic hydroxyl groups is 1. The van der Waals surface area contributed by atoms with Crippen molar-refractivity contribution in [3.8, 4) is 0 Å². The zero-order valence-electron chi connectivity index (χ0n) is 20.0. The van der Waals surface area contributed by atoms with Crippen LogP contribution in [0.15, 0.2) is 11.6 Å². The van der Waals surface area contributed by atoms with Gasteiger partial charge < -0.3 is 5.11 Å². The SMILES string of the molecule is CC[C@@H](CC[C@H](C)[C@H]1CC[C@H]2[C@H]3CC=C4C[C@@H](O)CC[C@@H]4[C@H]3CC[C@@]12C)C(C)C. The fraction of sp³-hybridized carbons (Fsp3) is 0.929. The Morgan fingerprint density at radius 2 is 1.83 bits per heavy atom. The Morgan fingerprint density at radius 1 is 1.03 bits per heavy atom. The standard InChI is InChI=1S/C28H48O/c1-6-20(18(2)3)8-7-19(4)26-13-14-27-25-11-9-21-17-22(29)10-12-23(21)24(25)15-16-28(26,27)5/h9,18-20,22-27,29H,6-8,10-17H2,1-5H3/t19-,20-,22-,23-,24+,25-,26+,27-,28-/m0/s1. The molecule has 0 aromatic rings. The molecule has 0 aromatic carbocycles. The summed E-state index contributed by atoms with van der Waals surface area (Å²) in [5, 5.41) is 10.1. The summed E-state index contributed by atoms with van der Waals surface area (Å²) in [6.07, 6.45) is 17.3. The fourth-order valence-corrected chi connectivity index (χ4v) is 8.91. The molecule has 0 unspecified atom stereocenters. The zero-order chi connectivity index (χ0) is 20.8. The normalized spacial score (nSPS) is 43.9. The Morgan fingerprint density at radius 3 is 2.55 bits per heavy atom. The van der Waals surface area contributed by atoms with Gasteiger partial charge in [0.1, 0.15) is 0 Å². The Kier molecular flexibility index (Phi) is 6.56. The molecule has 4 aliphatic rings. The maximum Gasteiger partial charge on any atom is 0.0577 e.